The number of aliphatic carboxylic acids is 2. The summed E-state index contributed by atoms with van der Waals surface area (Å²) >= 11 is 1.54. The lowest BCUT2D eigenvalue weighted by atomic mass is 10.0. The lowest BCUT2D eigenvalue weighted by Crippen LogP contribution is -2.56. The van der Waals surface area contributed by atoms with Crippen LogP contribution in [0.5, 0.6) is 0 Å². The minimum Gasteiger partial charge on any atom is -0.481 e. The Morgan fingerprint density at radius 2 is 1.67 bits per heavy atom. The molecule has 6 N–H and O–H groups in total. The molecule has 0 aromatic rings. The smallest absolute Gasteiger partial charge is 0.326 e. The number of hydrogen-bond donors (Lipinski definition) is 5. The molecular formula is C14H25N3O6S. The Morgan fingerprint density at radius 1 is 1.08 bits per heavy atom. The van der Waals surface area contributed by atoms with Crippen molar-refractivity contribution >= 4 is 35.5 Å². The maximum atomic E-state index is 12.2. The molecular weight excluding hydrogens is 338 g/mol. The topological polar surface area (TPSA) is 159 Å². The summed E-state index contributed by atoms with van der Waals surface area (Å²) in [7, 11) is 0. The number of thioether (sulfide) groups is 1. The van der Waals surface area contributed by atoms with Gasteiger partial charge >= 0.3 is 11.9 Å². The van der Waals surface area contributed by atoms with Crippen LogP contribution in [0.4, 0.5) is 0 Å². The van der Waals surface area contributed by atoms with Gasteiger partial charge in [0, 0.05) is 0 Å². The molecule has 0 radical (unpaired) electrons. The van der Waals surface area contributed by atoms with Crippen LogP contribution >= 0.6 is 11.8 Å². The lowest BCUT2D eigenvalue weighted by molar-refractivity contribution is -0.147. The fourth-order valence-corrected chi connectivity index (χ4v) is 2.30. The van der Waals surface area contributed by atoms with Gasteiger partial charge in [-0.25, -0.2) is 4.79 Å². The van der Waals surface area contributed by atoms with Gasteiger partial charge in [0.15, 0.2) is 0 Å². The van der Waals surface area contributed by atoms with E-state index in [9.17, 15) is 19.2 Å². The Labute approximate surface area is 144 Å². The molecule has 0 aromatic heterocycles. The molecule has 9 nitrogen and oxygen atoms in total. The zero-order valence-corrected chi connectivity index (χ0v) is 14.8. The Kier molecular flexibility index (Phi) is 10.0. The standard InChI is InChI=1S/C14H25N3O6S/c1-7(2)11(17-12(20)8(15)4-5-24-3)13(21)16-9(14(22)23)6-10(18)19/h7-9,11H,4-6,15H2,1-3H3,(H,16,21)(H,17,20)(H,18,19)(H,22,23). The minimum absolute atomic E-state index is 0.332. The number of carboxylic acid groups (broad SMARTS) is 2. The third-order valence-electron chi connectivity index (χ3n) is 3.21. The van der Waals surface area contributed by atoms with E-state index >= 15 is 0 Å². The van der Waals surface area contributed by atoms with Crippen molar-refractivity contribution in [1.29, 1.82) is 0 Å². The number of carbonyl (C=O) groups is 4. The molecule has 0 fully saturated rings. The number of amides is 2. The summed E-state index contributed by atoms with van der Waals surface area (Å²) in [6.07, 6.45) is 1.56. The van der Waals surface area contributed by atoms with Gasteiger partial charge in [-0.3, -0.25) is 14.4 Å². The largest absolute Gasteiger partial charge is 0.481 e. The van der Waals surface area contributed by atoms with Crippen LogP contribution in [0.25, 0.3) is 0 Å². The second-order valence-corrected chi connectivity index (χ2v) is 6.60. The van der Waals surface area contributed by atoms with Gasteiger partial charge in [0.05, 0.1) is 12.5 Å². The highest BCUT2D eigenvalue weighted by molar-refractivity contribution is 7.98. The zero-order valence-electron chi connectivity index (χ0n) is 13.9. The van der Waals surface area contributed by atoms with Crippen LogP contribution in [0.2, 0.25) is 0 Å². The van der Waals surface area contributed by atoms with Crippen LogP contribution in [0.3, 0.4) is 0 Å². The van der Waals surface area contributed by atoms with Crippen LogP contribution in [0, 0.1) is 5.92 Å². The molecule has 0 aliphatic carbocycles. The molecule has 0 aromatic carbocycles. The molecule has 3 atom stereocenters. The molecule has 10 heteroatoms. The highest BCUT2D eigenvalue weighted by Crippen LogP contribution is 2.06. The van der Waals surface area contributed by atoms with E-state index in [0.717, 1.165) is 0 Å². The van der Waals surface area contributed by atoms with Crippen molar-refractivity contribution in [2.75, 3.05) is 12.0 Å². The van der Waals surface area contributed by atoms with E-state index in [0.29, 0.717) is 12.2 Å². The maximum absolute atomic E-state index is 12.2. The number of carboxylic acids is 2. The first-order valence-corrected chi connectivity index (χ1v) is 8.79. The Bertz CT molecular complexity index is 471. The molecule has 2 amide bonds. The Hall–Kier alpha value is -1.81. The summed E-state index contributed by atoms with van der Waals surface area (Å²) in [5.74, 6) is -3.73. The van der Waals surface area contributed by atoms with Crippen molar-refractivity contribution < 1.29 is 29.4 Å². The van der Waals surface area contributed by atoms with Gasteiger partial charge in [-0.1, -0.05) is 13.8 Å². The molecule has 0 aliphatic heterocycles. The Balaban J connectivity index is 4.91. The molecule has 3 unspecified atom stereocenters. The van der Waals surface area contributed by atoms with Crippen molar-refractivity contribution in [3.8, 4) is 0 Å². The Morgan fingerprint density at radius 3 is 2.08 bits per heavy atom. The van der Waals surface area contributed by atoms with Gasteiger partial charge in [-0.05, 0) is 24.3 Å². The summed E-state index contributed by atoms with van der Waals surface area (Å²) in [6.45, 7) is 3.34. The van der Waals surface area contributed by atoms with Crippen molar-refractivity contribution in [2.45, 2.75) is 44.8 Å². The molecule has 0 aliphatic rings. The number of hydrogen-bond acceptors (Lipinski definition) is 6. The molecule has 0 heterocycles. The second-order valence-electron chi connectivity index (χ2n) is 5.62. The number of nitrogens with two attached hydrogens (primary N) is 1. The van der Waals surface area contributed by atoms with Crippen molar-refractivity contribution in [1.82, 2.24) is 10.6 Å². The third-order valence-corrected chi connectivity index (χ3v) is 3.85. The summed E-state index contributed by atoms with van der Waals surface area (Å²) in [5, 5.41) is 22.3. The normalized spacial score (nSPS) is 14.5. The van der Waals surface area contributed by atoms with Crippen LogP contribution in [-0.2, 0) is 19.2 Å². The van der Waals surface area contributed by atoms with E-state index in [1.54, 1.807) is 13.8 Å². The first kappa shape index (κ1) is 22.2. The molecule has 0 bridgehead atoms. The fraction of sp³-hybridized carbons (Fsp3) is 0.714. The van der Waals surface area contributed by atoms with Crippen molar-refractivity contribution in [3.63, 3.8) is 0 Å². The van der Waals surface area contributed by atoms with Gasteiger partial charge in [0.2, 0.25) is 11.8 Å². The predicted molar refractivity (Wildman–Crippen MR) is 89.6 cm³/mol. The summed E-state index contributed by atoms with van der Waals surface area (Å²) in [4.78, 5) is 45.9. The van der Waals surface area contributed by atoms with E-state index in [1.165, 1.54) is 11.8 Å². The highest BCUT2D eigenvalue weighted by Gasteiger charge is 2.30. The average Bonchev–Trinajstić information content (AvgIpc) is 2.47. The lowest BCUT2D eigenvalue weighted by Gasteiger charge is -2.25. The van der Waals surface area contributed by atoms with Crippen LogP contribution < -0.4 is 16.4 Å². The molecule has 0 rings (SSSR count). The van der Waals surface area contributed by atoms with Gasteiger partial charge in [0.1, 0.15) is 12.1 Å². The van der Waals surface area contributed by atoms with E-state index in [1.807, 2.05) is 6.26 Å². The molecule has 138 valence electrons. The van der Waals surface area contributed by atoms with E-state index < -0.39 is 48.3 Å². The SMILES string of the molecule is CSCCC(N)C(=O)NC(C(=O)NC(CC(=O)O)C(=O)O)C(C)C. The quantitative estimate of drug-likeness (QED) is 0.321. The van der Waals surface area contributed by atoms with Gasteiger partial charge in [-0.15, -0.1) is 0 Å². The predicted octanol–water partition coefficient (Wildman–Crippen LogP) is -0.748. The second kappa shape index (κ2) is 10.9. The third kappa shape index (κ3) is 8.16. The number of carbonyl (C=O) groups excluding carboxylic acids is 2. The average molecular weight is 363 g/mol. The fourth-order valence-electron chi connectivity index (χ4n) is 1.81. The molecule has 24 heavy (non-hydrogen) atoms. The summed E-state index contributed by atoms with van der Waals surface area (Å²) < 4.78 is 0. The number of rotatable bonds is 11. The van der Waals surface area contributed by atoms with Crippen LogP contribution in [0.1, 0.15) is 26.7 Å². The molecule has 0 saturated heterocycles. The van der Waals surface area contributed by atoms with Crippen LogP contribution in [0.15, 0.2) is 0 Å². The summed E-state index contributed by atoms with van der Waals surface area (Å²) in [5.41, 5.74) is 5.74. The molecule has 0 saturated carbocycles. The van der Waals surface area contributed by atoms with Gasteiger partial charge < -0.3 is 26.6 Å². The highest BCUT2D eigenvalue weighted by atomic mass is 32.2. The van der Waals surface area contributed by atoms with E-state index in [-0.39, 0.29) is 5.92 Å². The van der Waals surface area contributed by atoms with E-state index in [4.69, 9.17) is 15.9 Å². The van der Waals surface area contributed by atoms with Crippen molar-refractivity contribution in [2.24, 2.45) is 11.7 Å². The van der Waals surface area contributed by atoms with Gasteiger partial charge in [0.25, 0.3) is 0 Å². The molecule has 0 spiro atoms. The summed E-state index contributed by atoms with van der Waals surface area (Å²) in [6, 6.07) is -3.35. The van der Waals surface area contributed by atoms with Gasteiger partial charge in [-0.2, -0.15) is 11.8 Å². The van der Waals surface area contributed by atoms with E-state index in [2.05, 4.69) is 10.6 Å². The minimum atomic E-state index is -1.57. The zero-order chi connectivity index (χ0) is 18.9. The first-order chi connectivity index (χ1) is 11.1. The van der Waals surface area contributed by atoms with Crippen LogP contribution in [-0.4, -0.2) is 64.1 Å². The number of nitrogens with one attached hydrogen (secondary N) is 2. The maximum Gasteiger partial charge on any atom is 0.326 e. The first-order valence-electron chi connectivity index (χ1n) is 7.40. The van der Waals surface area contributed by atoms with Crippen molar-refractivity contribution in [3.05, 3.63) is 0 Å². The monoisotopic (exact) mass is 363 g/mol.